The Kier molecular flexibility index (Phi) is 5.57. The van der Waals surface area contributed by atoms with Gasteiger partial charge in [0, 0.05) is 43.6 Å². The minimum absolute atomic E-state index is 0.429. The van der Waals surface area contributed by atoms with Gasteiger partial charge in [0.1, 0.15) is 0 Å². The summed E-state index contributed by atoms with van der Waals surface area (Å²) in [6.45, 7) is 2.61. The second-order valence-electron chi connectivity index (χ2n) is 5.08. The smallest absolute Gasteiger partial charge is 0.243 e. The fraction of sp³-hybridized carbons (Fsp3) is 0.692. The van der Waals surface area contributed by atoms with Crippen LogP contribution in [-0.4, -0.2) is 46.6 Å². The maximum atomic E-state index is 12.6. The Labute approximate surface area is 125 Å². The lowest BCUT2D eigenvalue weighted by molar-refractivity contribution is 0.121. The molecular formula is C13H22N2O3S2. The molecule has 0 bridgehead atoms. The average molecular weight is 318 g/mol. The van der Waals surface area contributed by atoms with Gasteiger partial charge in [0.2, 0.25) is 10.0 Å². The molecule has 1 saturated heterocycles. The highest BCUT2D eigenvalue weighted by atomic mass is 32.2. The third-order valence-electron chi connectivity index (χ3n) is 3.59. The fourth-order valence-electron chi connectivity index (χ4n) is 2.46. The monoisotopic (exact) mass is 318 g/mol. The second-order valence-corrected chi connectivity index (χ2v) is 8.02. The van der Waals surface area contributed by atoms with Crippen molar-refractivity contribution < 1.29 is 13.2 Å². The maximum absolute atomic E-state index is 12.6. The summed E-state index contributed by atoms with van der Waals surface area (Å²) in [6, 6.07) is 1.78. The van der Waals surface area contributed by atoms with E-state index in [2.05, 4.69) is 5.32 Å². The van der Waals surface area contributed by atoms with Gasteiger partial charge in [-0.3, -0.25) is 0 Å². The average Bonchev–Trinajstić information content (AvgIpc) is 2.90. The van der Waals surface area contributed by atoms with Crippen LogP contribution in [0.15, 0.2) is 16.3 Å². The highest BCUT2D eigenvalue weighted by molar-refractivity contribution is 7.89. The summed E-state index contributed by atoms with van der Waals surface area (Å²) in [7, 11) is 0.225. The molecule has 7 heteroatoms. The topological polar surface area (TPSA) is 58.6 Å². The van der Waals surface area contributed by atoms with Crippen molar-refractivity contribution in [3.63, 3.8) is 0 Å². The van der Waals surface area contributed by atoms with Crippen molar-refractivity contribution in [3.05, 3.63) is 16.3 Å². The van der Waals surface area contributed by atoms with Crippen LogP contribution in [0.3, 0.4) is 0 Å². The normalized spacial score (nSPS) is 18.5. The Balaban J connectivity index is 2.03. The van der Waals surface area contributed by atoms with Gasteiger partial charge in [-0.15, -0.1) is 11.3 Å². The first-order chi connectivity index (χ1) is 9.57. The molecular weight excluding hydrogens is 296 g/mol. The Morgan fingerprint density at radius 1 is 1.45 bits per heavy atom. The van der Waals surface area contributed by atoms with Crippen molar-refractivity contribution in [2.24, 2.45) is 5.92 Å². The molecule has 0 amide bonds. The molecule has 0 aliphatic carbocycles. The van der Waals surface area contributed by atoms with Gasteiger partial charge in [-0.1, -0.05) is 0 Å². The maximum Gasteiger partial charge on any atom is 0.243 e. The zero-order valence-electron chi connectivity index (χ0n) is 12.0. The number of sulfonamides is 1. The molecule has 114 valence electrons. The molecule has 1 aromatic heterocycles. The Hall–Kier alpha value is -0.470. The Morgan fingerprint density at radius 2 is 2.15 bits per heavy atom. The number of methoxy groups -OCH3 is 1. The number of thiophene rings is 1. The van der Waals surface area contributed by atoms with Crippen LogP contribution in [0.5, 0.6) is 0 Å². The van der Waals surface area contributed by atoms with Gasteiger partial charge in [0.25, 0.3) is 0 Å². The predicted octanol–water partition coefficient (Wildman–Crippen LogP) is 1.51. The summed E-state index contributed by atoms with van der Waals surface area (Å²) in [5.74, 6) is 0.480. The molecule has 1 N–H and O–H groups in total. The lowest BCUT2D eigenvalue weighted by Crippen LogP contribution is -2.39. The number of piperidine rings is 1. The van der Waals surface area contributed by atoms with Crippen LogP contribution in [0.25, 0.3) is 0 Å². The summed E-state index contributed by atoms with van der Waals surface area (Å²) in [5, 5.41) is 4.78. The van der Waals surface area contributed by atoms with Crippen molar-refractivity contribution in [2.75, 3.05) is 33.9 Å². The first-order valence-electron chi connectivity index (χ1n) is 6.79. The van der Waals surface area contributed by atoms with Gasteiger partial charge >= 0.3 is 0 Å². The van der Waals surface area contributed by atoms with E-state index in [0.29, 0.717) is 30.4 Å². The van der Waals surface area contributed by atoms with Crippen LogP contribution in [0.1, 0.15) is 17.7 Å². The number of hydrogen-bond acceptors (Lipinski definition) is 5. The molecule has 2 rings (SSSR count). The quantitative estimate of drug-likeness (QED) is 0.864. The number of hydrogen-bond donors (Lipinski definition) is 1. The summed E-state index contributed by atoms with van der Waals surface area (Å²) in [4.78, 5) is 1.47. The molecule has 0 spiro atoms. The Morgan fingerprint density at radius 3 is 2.75 bits per heavy atom. The Bertz CT molecular complexity index is 519. The van der Waals surface area contributed by atoms with E-state index in [4.69, 9.17) is 4.74 Å². The van der Waals surface area contributed by atoms with E-state index in [0.717, 1.165) is 24.3 Å². The molecule has 0 atom stereocenters. The van der Waals surface area contributed by atoms with Crippen LogP contribution >= 0.6 is 11.3 Å². The van der Waals surface area contributed by atoms with Gasteiger partial charge in [0.15, 0.2) is 0 Å². The first-order valence-corrected chi connectivity index (χ1v) is 9.11. The molecule has 1 fully saturated rings. The van der Waals surface area contributed by atoms with Crippen molar-refractivity contribution in [3.8, 4) is 0 Å². The predicted molar refractivity (Wildman–Crippen MR) is 80.4 cm³/mol. The molecule has 0 saturated carbocycles. The zero-order valence-corrected chi connectivity index (χ0v) is 13.6. The van der Waals surface area contributed by atoms with Crippen LogP contribution in [-0.2, 0) is 21.3 Å². The van der Waals surface area contributed by atoms with Crippen molar-refractivity contribution >= 4 is 21.4 Å². The van der Waals surface area contributed by atoms with Crippen molar-refractivity contribution in [1.29, 1.82) is 0 Å². The SMILES string of the molecule is CNCc1cc(S(=O)(=O)N2CCC(COC)CC2)cs1. The van der Waals surface area contributed by atoms with Gasteiger partial charge in [-0.2, -0.15) is 4.31 Å². The minimum Gasteiger partial charge on any atom is -0.384 e. The summed E-state index contributed by atoms with van der Waals surface area (Å²) in [5.41, 5.74) is 0. The third-order valence-corrected chi connectivity index (χ3v) is 6.56. The summed E-state index contributed by atoms with van der Waals surface area (Å²) < 4.78 is 31.8. The lowest BCUT2D eigenvalue weighted by atomic mass is 9.99. The summed E-state index contributed by atoms with van der Waals surface area (Å²) >= 11 is 1.49. The van der Waals surface area contributed by atoms with Crippen molar-refractivity contribution in [2.45, 2.75) is 24.3 Å². The lowest BCUT2D eigenvalue weighted by Gasteiger charge is -2.30. The highest BCUT2D eigenvalue weighted by Crippen LogP contribution is 2.26. The molecule has 5 nitrogen and oxygen atoms in total. The molecule has 0 aromatic carbocycles. The van der Waals surface area contributed by atoms with Crippen LogP contribution in [0.2, 0.25) is 0 Å². The van der Waals surface area contributed by atoms with E-state index >= 15 is 0 Å². The minimum atomic E-state index is -3.32. The number of nitrogens with one attached hydrogen (secondary N) is 1. The van der Waals surface area contributed by atoms with Crippen LogP contribution in [0, 0.1) is 5.92 Å². The molecule has 0 unspecified atom stereocenters. The standard InChI is InChI=1S/C13H22N2O3S2/c1-14-8-12-7-13(10-19-12)20(16,17)15-5-3-11(4-6-15)9-18-2/h7,10-11,14H,3-6,8-9H2,1-2H3. The fourth-order valence-corrected chi connectivity index (χ4v) is 5.21. The van der Waals surface area contributed by atoms with E-state index in [1.807, 2.05) is 7.05 Å². The zero-order chi connectivity index (χ0) is 14.6. The van der Waals surface area contributed by atoms with E-state index in [1.54, 1.807) is 22.9 Å². The molecule has 1 aliphatic heterocycles. The van der Waals surface area contributed by atoms with Crippen LogP contribution < -0.4 is 5.32 Å². The van der Waals surface area contributed by atoms with Crippen LogP contribution in [0.4, 0.5) is 0 Å². The van der Waals surface area contributed by atoms with E-state index in [-0.39, 0.29) is 0 Å². The molecule has 1 aliphatic rings. The third kappa shape index (κ3) is 3.59. The molecule has 2 heterocycles. The first kappa shape index (κ1) is 15.9. The summed E-state index contributed by atoms with van der Waals surface area (Å²) in [6.07, 6.45) is 1.75. The second kappa shape index (κ2) is 7.00. The number of ether oxygens (including phenoxy) is 1. The molecule has 0 radical (unpaired) electrons. The van der Waals surface area contributed by atoms with E-state index in [1.165, 1.54) is 11.3 Å². The molecule has 1 aromatic rings. The van der Waals surface area contributed by atoms with Gasteiger partial charge in [0.05, 0.1) is 4.90 Å². The number of nitrogens with zero attached hydrogens (tertiary/aromatic N) is 1. The van der Waals surface area contributed by atoms with Crippen molar-refractivity contribution in [1.82, 2.24) is 9.62 Å². The highest BCUT2D eigenvalue weighted by Gasteiger charge is 2.29. The van der Waals surface area contributed by atoms with Gasteiger partial charge in [-0.05, 0) is 31.9 Å². The molecule has 20 heavy (non-hydrogen) atoms. The van der Waals surface area contributed by atoms with E-state index < -0.39 is 10.0 Å². The largest absolute Gasteiger partial charge is 0.384 e. The number of rotatable bonds is 6. The van der Waals surface area contributed by atoms with Gasteiger partial charge < -0.3 is 10.1 Å². The van der Waals surface area contributed by atoms with Gasteiger partial charge in [-0.25, -0.2) is 8.42 Å². The van der Waals surface area contributed by atoms with E-state index in [9.17, 15) is 8.42 Å².